The lowest BCUT2D eigenvalue weighted by molar-refractivity contribution is -0.166. The van der Waals surface area contributed by atoms with Crippen LogP contribution in [0, 0.1) is 11.8 Å². The number of carbonyl (C=O) groups is 1. The largest absolute Gasteiger partial charge is 0.479 e. The molecule has 92 valence electrons. The van der Waals surface area contributed by atoms with Crippen molar-refractivity contribution in [3.63, 3.8) is 0 Å². The molecular formula is C13H22O3. The molecule has 0 amide bonds. The third-order valence-electron chi connectivity index (χ3n) is 3.66. The highest BCUT2D eigenvalue weighted by atomic mass is 16.5. The second kappa shape index (κ2) is 5.48. The highest BCUT2D eigenvalue weighted by Gasteiger charge is 2.33. The molecule has 0 saturated carbocycles. The molecule has 0 aromatic heterocycles. The second-order valence-electron chi connectivity index (χ2n) is 4.88. The molecule has 1 aliphatic rings. The van der Waals surface area contributed by atoms with Crippen molar-refractivity contribution in [1.29, 1.82) is 0 Å². The standard InChI is InChI=1S/C13H22O3/c1-4-13(3,12(14)15)16-9-11-8-6-5-7-10(11)2/h5-6,10-11H,4,7-9H2,1-3H3,(H,14,15). The number of allylic oxidation sites excluding steroid dienone is 2. The fourth-order valence-corrected chi connectivity index (χ4v) is 1.84. The van der Waals surface area contributed by atoms with Crippen LogP contribution in [0.25, 0.3) is 0 Å². The van der Waals surface area contributed by atoms with Crippen LogP contribution in [0.2, 0.25) is 0 Å². The summed E-state index contributed by atoms with van der Waals surface area (Å²) in [4.78, 5) is 11.1. The van der Waals surface area contributed by atoms with Crippen LogP contribution in [0.15, 0.2) is 12.2 Å². The first-order valence-electron chi connectivity index (χ1n) is 6.02. The third-order valence-corrected chi connectivity index (χ3v) is 3.66. The highest BCUT2D eigenvalue weighted by Crippen LogP contribution is 2.27. The quantitative estimate of drug-likeness (QED) is 0.733. The van der Waals surface area contributed by atoms with Gasteiger partial charge >= 0.3 is 5.97 Å². The molecule has 1 rings (SSSR count). The van der Waals surface area contributed by atoms with E-state index in [4.69, 9.17) is 9.84 Å². The summed E-state index contributed by atoms with van der Waals surface area (Å²) in [5, 5.41) is 9.09. The van der Waals surface area contributed by atoms with E-state index in [-0.39, 0.29) is 0 Å². The molecule has 3 nitrogen and oxygen atoms in total. The predicted octanol–water partition coefficient (Wildman–Crippen LogP) is 2.86. The lowest BCUT2D eigenvalue weighted by Gasteiger charge is -2.30. The predicted molar refractivity (Wildman–Crippen MR) is 63.3 cm³/mol. The summed E-state index contributed by atoms with van der Waals surface area (Å²) in [7, 11) is 0. The number of carboxylic acid groups (broad SMARTS) is 1. The number of ether oxygens (including phenoxy) is 1. The first-order chi connectivity index (χ1) is 7.49. The van der Waals surface area contributed by atoms with Crippen LogP contribution in [-0.2, 0) is 9.53 Å². The van der Waals surface area contributed by atoms with Crippen LogP contribution in [0.1, 0.15) is 40.0 Å². The minimum atomic E-state index is -1.03. The normalized spacial score (nSPS) is 28.7. The molecule has 0 radical (unpaired) electrons. The van der Waals surface area contributed by atoms with E-state index in [0.717, 1.165) is 12.8 Å². The van der Waals surface area contributed by atoms with Gasteiger partial charge in [-0.2, -0.15) is 0 Å². The van der Waals surface area contributed by atoms with Crippen molar-refractivity contribution < 1.29 is 14.6 Å². The van der Waals surface area contributed by atoms with Crippen molar-refractivity contribution in [1.82, 2.24) is 0 Å². The van der Waals surface area contributed by atoms with E-state index >= 15 is 0 Å². The van der Waals surface area contributed by atoms with Gasteiger partial charge in [0.15, 0.2) is 5.60 Å². The molecule has 3 atom stereocenters. The zero-order valence-electron chi connectivity index (χ0n) is 10.4. The van der Waals surface area contributed by atoms with E-state index in [2.05, 4.69) is 19.1 Å². The summed E-state index contributed by atoms with van der Waals surface area (Å²) < 4.78 is 5.62. The Morgan fingerprint density at radius 1 is 1.50 bits per heavy atom. The molecular weight excluding hydrogens is 204 g/mol. The summed E-state index contributed by atoms with van der Waals surface area (Å²) in [6, 6.07) is 0. The van der Waals surface area contributed by atoms with E-state index in [1.165, 1.54) is 0 Å². The Morgan fingerprint density at radius 2 is 2.12 bits per heavy atom. The molecule has 0 aliphatic heterocycles. The van der Waals surface area contributed by atoms with Crippen molar-refractivity contribution >= 4 is 5.97 Å². The van der Waals surface area contributed by atoms with E-state index in [9.17, 15) is 4.79 Å². The maximum atomic E-state index is 11.1. The van der Waals surface area contributed by atoms with E-state index in [1.54, 1.807) is 6.92 Å². The van der Waals surface area contributed by atoms with Crippen molar-refractivity contribution in [2.24, 2.45) is 11.8 Å². The minimum absolute atomic E-state index is 0.454. The molecule has 3 heteroatoms. The Kier molecular flexibility index (Phi) is 4.54. The zero-order valence-corrected chi connectivity index (χ0v) is 10.4. The van der Waals surface area contributed by atoms with Gasteiger partial charge in [0.05, 0.1) is 6.61 Å². The van der Waals surface area contributed by atoms with Gasteiger partial charge in [-0.15, -0.1) is 0 Å². The van der Waals surface area contributed by atoms with Crippen molar-refractivity contribution in [3.8, 4) is 0 Å². The van der Waals surface area contributed by atoms with Crippen molar-refractivity contribution in [3.05, 3.63) is 12.2 Å². The molecule has 3 unspecified atom stereocenters. The van der Waals surface area contributed by atoms with E-state index in [0.29, 0.717) is 24.9 Å². The number of hydrogen-bond donors (Lipinski definition) is 1. The fourth-order valence-electron chi connectivity index (χ4n) is 1.84. The van der Waals surface area contributed by atoms with Gasteiger partial charge in [0.25, 0.3) is 0 Å². The van der Waals surface area contributed by atoms with Gasteiger partial charge in [-0.05, 0) is 38.0 Å². The SMILES string of the molecule is CCC(C)(OCC1CC=CCC1C)C(=O)O. The topological polar surface area (TPSA) is 46.5 Å². The Morgan fingerprint density at radius 3 is 2.62 bits per heavy atom. The van der Waals surface area contributed by atoms with Gasteiger partial charge in [0.2, 0.25) is 0 Å². The maximum Gasteiger partial charge on any atom is 0.335 e. The molecule has 16 heavy (non-hydrogen) atoms. The maximum absolute atomic E-state index is 11.1. The van der Waals surface area contributed by atoms with E-state index < -0.39 is 11.6 Å². The second-order valence-corrected chi connectivity index (χ2v) is 4.88. The smallest absolute Gasteiger partial charge is 0.335 e. The minimum Gasteiger partial charge on any atom is -0.479 e. The summed E-state index contributed by atoms with van der Waals surface area (Å²) >= 11 is 0. The average molecular weight is 226 g/mol. The summed E-state index contributed by atoms with van der Waals surface area (Å²) in [6.07, 6.45) is 6.93. The molecule has 0 fully saturated rings. The van der Waals surface area contributed by atoms with Gasteiger partial charge in [-0.25, -0.2) is 4.79 Å². The molecule has 0 aromatic carbocycles. The summed E-state index contributed by atoms with van der Waals surface area (Å²) in [6.45, 7) is 6.24. The van der Waals surface area contributed by atoms with Gasteiger partial charge < -0.3 is 9.84 Å². The summed E-state index contributed by atoms with van der Waals surface area (Å²) in [5.74, 6) is 0.170. The van der Waals surface area contributed by atoms with Crippen LogP contribution in [0.4, 0.5) is 0 Å². The molecule has 0 spiro atoms. The first-order valence-corrected chi connectivity index (χ1v) is 6.02. The molecule has 1 aliphatic carbocycles. The Hall–Kier alpha value is -0.830. The lowest BCUT2D eigenvalue weighted by Crippen LogP contribution is -2.39. The Bertz CT molecular complexity index is 272. The average Bonchev–Trinajstić information content (AvgIpc) is 2.27. The Labute approximate surface area is 97.5 Å². The molecule has 0 saturated heterocycles. The van der Waals surface area contributed by atoms with Crippen LogP contribution >= 0.6 is 0 Å². The number of rotatable bonds is 5. The van der Waals surface area contributed by atoms with Gasteiger partial charge in [0, 0.05) is 0 Å². The molecule has 0 aromatic rings. The number of aliphatic carboxylic acids is 1. The number of hydrogen-bond acceptors (Lipinski definition) is 2. The molecule has 0 heterocycles. The van der Waals surface area contributed by atoms with Gasteiger partial charge in [-0.3, -0.25) is 0 Å². The van der Waals surface area contributed by atoms with Crippen molar-refractivity contribution in [2.75, 3.05) is 6.61 Å². The third kappa shape index (κ3) is 3.08. The molecule has 0 bridgehead atoms. The van der Waals surface area contributed by atoms with E-state index in [1.807, 2.05) is 6.92 Å². The van der Waals surface area contributed by atoms with Crippen LogP contribution in [0.5, 0.6) is 0 Å². The van der Waals surface area contributed by atoms with Crippen LogP contribution in [-0.4, -0.2) is 23.3 Å². The van der Waals surface area contributed by atoms with Gasteiger partial charge in [-0.1, -0.05) is 26.0 Å². The zero-order chi connectivity index (χ0) is 12.2. The summed E-state index contributed by atoms with van der Waals surface area (Å²) in [5.41, 5.74) is -1.03. The first kappa shape index (κ1) is 13.2. The van der Waals surface area contributed by atoms with Crippen LogP contribution < -0.4 is 0 Å². The monoisotopic (exact) mass is 226 g/mol. The van der Waals surface area contributed by atoms with Crippen molar-refractivity contribution in [2.45, 2.75) is 45.6 Å². The number of carboxylic acids is 1. The lowest BCUT2D eigenvalue weighted by atomic mass is 9.85. The molecule has 1 N–H and O–H groups in total. The fraction of sp³-hybridized carbons (Fsp3) is 0.769. The highest BCUT2D eigenvalue weighted by molar-refractivity contribution is 5.76. The van der Waals surface area contributed by atoms with Gasteiger partial charge in [0.1, 0.15) is 0 Å². The Balaban J connectivity index is 2.49. The van der Waals surface area contributed by atoms with Crippen LogP contribution in [0.3, 0.4) is 0 Å².